The summed E-state index contributed by atoms with van der Waals surface area (Å²) >= 11 is 0. The quantitative estimate of drug-likeness (QED) is 0.412. The molecule has 0 saturated carbocycles. The Balaban J connectivity index is 0. The van der Waals surface area contributed by atoms with Gasteiger partial charge in [-0.25, -0.2) is 0 Å². The van der Waals surface area contributed by atoms with E-state index in [0.29, 0.717) is 0 Å². The van der Waals surface area contributed by atoms with Crippen LogP contribution >= 0.6 is 37.2 Å². The molecule has 0 unspecified atom stereocenters. The van der Waals surface area contributed by atoms with Gasteiger partial charge in [-0.15, -0.1) is 37.2 Å². The van der Waals surface area contributed by atoms with E-state index in [1.54, 1.807) is 0 Å². The molecule has 4 heteroatoms. The average Bonchev–Trinajstić information content (AvgIpc) is 0. The van der Waals surface area contributed by atoms with Crippen molar-refractivity contribution in [1.29, 1.82) is 0 Å². The van der Waals surface area contributed by atoms with Gasteiger partial charge in [0.2, 0.25) is 0 Å². The Morgan fingerprint density at radius 3 is 0.500 bits per heavy atom. The predicted octanol–water partition coefficient (Wildman–Crippen LogP) is 0.885. The molecule has 0 bridgehead atoms. The molecule has 0 aliphatic carbocycles. The second-order valence-corrected chi connectivity index (χ2v) is 0. The third kappa shape index (κ3) is 9.80. The molecule has 0 N–H and O–H groups in total. The summed E-state index contributed by atoms with van der Waals surface area (Å²) in [5, 5.41) is 0. The van der Waals surface area contributed by atoms with Gasteiger partial charge in [0.15, 0.2) is 0 Å². The summed E-state index contributed by atoms with van der Waals surface area (Å²) in [5.74, 6) is 0. The smallest absolute Gasteiger partial charge is 0 e. The van der Waals surface area contributed by atoms with Gasteiger partial charge in [-0.2, -0.15) is 0 Å². The van der Waals surface area contributed by atoms with Crippen LogP contribution in [0.25, 0.3) is 0 Å². The van der Waals surface area contributed by atoms with Gasteiger partial charge in [0.1, 0.15) is 0 Å². The van der Waals surface area contributed by atoms with E-state index in [-0.39, 0.29) is 56.1 Å². The molecule has 0 aliphatic rings. The van der Waals surface area contributed by atoms with Crippen molar-refractivity contribution in [2.75, 3.05) is 0 Å². The largest absolute Gasteiger partial charge is 0.147 e. The van der Waals surface area contributed by atoms with Crippen LogP contribution in [0.15, 0.2) is 0 Å². The van der Waals surface area contributed by atoms with Gasteiger partial charge in [-0.3, -0.25) is 0 Å². The minimum absolute atomic E-state index is 0. The molecule has 0 fully saturated rings. The summed E-state index contributed by atoms with van der Waals surface area (Å²) in [6.45, 7) is 0. The first-order chi connectivity index (χ1) is 0. The fourth-order valence-corrected chi connectivity index (χ4v) is 0. The van der Waals surface area contributed by atoms with Crippen molar-refractivity contribution in [1.82, 2.24) is 0 Å². The molecule has 0 aromatic heterocycles. The summed E-state index contributed by atoms with van der Waals surface area (Å²) in [6, 6.07) is 0. The van der Waals surface area contributed by atoms with E-state index < -0.39 is 0 Å². The van der Waals surface area contributed by atoms with Crippen molar-refractivity contribution >= 4 is 56.1 Å². The molecule has 0 saturated heterocycles. The second kappa shape index (κ2) is 24.9. The van der Waals surface area contributed by atoms with Gasteiger partial charge in [0.25, 0.3) is 0 Å². The number of hydrogen-bond donors (Lipinski definition) is 0. The predicted molar refractivity (Wildman–Crippen MR) is 27.5 cm³/mol. The summed E-state index contributed by atoms with van der Waals surface area (Å²) in [5.41, 5.74) is 0. The number of rotatable bonds is 0. The van der Waals surface area contributed by atoms with Crippen LogP contribution < -0.4 is 0 Å². The van der Waals surface area contributed by atoms with Crippen LogP contribution in [0.4, 0.5) is 0 Å². The summed E-state index contributed by atoms with van der Waals surface area (Å²) in [4.78, 5) is 0. The van der Waals surface area contributed by atoms with E-state index in [4.69, 9.17) is 0 Å². The standard InChI is InChI=1S/3ClH.Li/h3*1H;. The summed E-state index contributed by atoms with van der Waals surface area (Å²) in [6.07, 6.45) is 0. The molecule has 0 aliphatic heterocycles. The molecule has 4 heavy (non-hydrogen) atoms. The Labute approximate surface area is 56.1 Å². The van der Waals surface area contributed by atoms with Crippen LogP contribution in [0, 0.1) is 0 Å². The zero-order valence-electron chi connectivity index (χ0n) is 2.22. The third-order valence-electron chi connectivity index (χ3n) is 0. The molecule has 0 amide bonds. The molecular weight excluding hydrogens is 113 g/mol. The normalized spacial score (nSPS) is 0. The molecule has 0 nitrogen and oxygen atoms in total. The van der Waals surface area contributed by atoms with Gasteiger partial charge in [0, 0.05) is 18.9 Å². The van der Waals surface area contributed by atoms with E-state index in [0.717, 1.165) is 0 Å². The summed E-state index contributed by atoms with van der Waals surface area (Å²) < 4.78 is 0. The van der Waals surface area contributed by atoms with Crippen molar-refractivity contribution < 1.29 is 0 Å². The van der Waals surface area contributed by atoms with Crippen LogP contribution in [0.3, 0.4) is 0 Å². The van der Waals surface area contributed by atoms with Crippen molar-refractivity contribution in [2.45, 2.75) is 0 Å². The Hall–Kier alpha value is 1.47. The van der Waals surface area contributed by atoms with E-state index in [9.17, 15) is 0 Å². The van der Waals surface area contributed by atoms with Gasteiger partial charge in [-0.1, -0.05) is 0 Å². The molecule has 1 radical (unpaired) electrons. The van der Waals surface area contributed by atoms with Crippen molar-refractivity contribution in [3.63, 3.8) is 0 Å². The van der Waals surface area contributed by atoms with Crippen molar-refractivity contribution in [3.8, 4) is 0 Å². The minimum Gasteiger partial charge on any atom is -0.147 e. The first-order valence-corrected chi connectivity index (χ1v) is 0. The van der Waals surface area contributed by atoms with Gasteiger partial charge < -0.3 is 0 Å². The van der Waals surface area contributed by atoms with Crippen LogP contribution in [0.1, 0.15) is 0 Å². The van der Waals surface area contributed by atoms with E-state index in [1.165, 1.54) is 0 Å². The maximum absolute atomic E-state index is 0. The Bertz CT molecular complexity index is 3.25. The molecule has 25 valence electrons. The number of halogens is 3. The van der Waals surface area contributed by atoms with Gasteiger partial charge >= 0.3 is 0 Å². The zero-order chi connectivity index (χ0) is 0. The average molecular weight is 116 g/mol. The maximum Gasteiger partial charge on any atom is 0 e. The number of hydrogen-bond acceptors (Lipinski definition) is 0. The topological polar surface area (TPSA) is 0 Å². The molecule has 0 aromatic rings. The van der Waals surface area contributed by atoms with Crippen LogP contribution in [0.2, 0.25) is 0 Å². The van der Waals surface area contributed by atoms with E-state index >= 15 is 0 Å². The Morgan fingerprint density at radius 2 is 0.500 bits per heavy atom. The summed E-state index contributed by atoms with van der Waals surface area (Å²) in [7, 11) is 0. The van der Waals surface area contributed by atoms with Gasteiger partial charge in [-0.05, 0) is 0 Å². The fraction of sp³-hybridized carbons (Fsp3) is 0. The third-order valence-corrected chi connectivity index (χ3v) is 0. The molecule has 0 aromatic carbocycles. The molecule has 0 spiro atoms. The SMILES string of the molecule is Cl.Cl.Cl.[Li]. The molecule has 0 heterocycles. The fourth-order valence-electron chi connectivity index (χ4n) is 0. The zero-order valence-corrected chi connectivity index (χ0v) is 4.67. The van der Waals surface area contributed by atoms with Crippen LogP contribution in [-0.2, 0) is 0 Å². The van der Waals surface area contributed by atoms with E-state index in [2.05, 4.69) is 0 Å². The van der Waals surface area contributed by atoms with Crippen molar-refractivity contribution in [2.24, 2.45) is 0 Å². The van der Waals surface area contributed by atoms with Crippen LogP contribution in [0.5, 0.6) is 0 Å². The van der Waals surface area contributed by atoms with Gasteiger partial charge in [0.05, 0.1) is 0 Å². The maximum atomic E-state index is 0. The molecule has 0 atom stereocenters. The minimum atomic E-state index is 0. The first kappa shape index (κ1) is 50.7. The Kier molecular flexibility index (Phi) is 316. The monoisotopic (exact) mass is 115 g/mol. The van der Waals surface area contributed by atoms with Crippen molar-refractivity contribution in [3.05, 3.63) is 0 Å². The first-order valence-electron chi connectivity index (χ1n) is 0. The Morgan fingerprint density at radius 1 is 0.500 bits per heavy atom. The molecule has 0 rings (SSSR count). The van der Waals surface area contributed by atoms with E-state index in [1.807, 2.05) is 0 Å². The van der Waals surface area contributed by atoms with Crippen LogP contribution in [-0.4, -0.2) is 18.9 Å². The molecular formula is H3Cl3Li. The second-order valence-electron chi connectivity index (χ2n) is 0.